The topological polar surface area (TPSA) is 85.4 Å². The van der Waals surface area contributed by atoms with Crippen molar-refractivity contribution in [1.82, 2.24) is 14.4 Å². The van der Waals surface area contributed by atoms with Crippen molar-refractivity contribution in [3.8, 4) is 0 Å². The van der Waals surface area contributed by atoms with Crippen molar-refractivity contribution >= 4 is 39.3 Å². The minimum absolute atomic E-state index is 0.0312. The van der Waals surface area contributed by atoms with Crippen molar-refractivity contribution in [2.75, 3.05) is 5.32 Å². The van der Waals surface area contributed by atoms with E-state index in [9.17, 15) is 10.1 Å². The smallest absolute Gasteiger partial charge is 0.358 e. The number of nitro groups is 1. The highest BCUT2D eigenvalue weighted by Gasteiger charge is 2.26. The highest BCUT2D eigenvalue weighted by Crippen LogP contribution is 2.32. The molecule has 0 amide bonds. The molecule has 0 saturated heterocycles. The number of nitrogens with one attached hydrogen (secondary N) is 1. The number of thiazole rings is 2. The van der Waals surface area contributed by atoms with Crippen LogP contribution < -0.4 is 5.32 Å². The third kappa shape index (κ3) is 2.14. The number of imidazole rings is 1. The lowest BCUT2D eigenvalue weighted by Crippen LogP contribution is -2.11. The van der Waals surface area contributed by atoms with E-state index < -0.39 is 4.92 Å². The highest BCUT2D eigenvalue weighted by atomic mass is 32.1. The third-order valence-corrected chi connectivity index (χ3v) is 4.52. The summed E-state index contributed by atoms with van der Waals surface area (Å²) in [5.41, 5.74) is 0. The first-order chi connectivity index (χ1) is 9.70. The van der Waals surface area contributed by atoms with Crippen LogP contribution in [0.3, 0.4) is 0 Å². The molecule has 0 fully saturated rings. The van der Waals surface area contributed by atoms with Crippen LogP contribution in [0, 0.1) is 10.1 Å². The van der Waals surface area contributed by atoms with Gasteiger partial charge in [-0.3, -0.25) is 0 Å². The van der Waals surface area contributed by atoms with Crippen LogP contribution in [0.5, 0.6) is 0 Å². The molecule has 0 aliphatic heterocycles. The van der Waals surface area contributed by atoms with Gasteiger partial charge < -0.3 is 15.4 Å². The van der Waals surface area contributed by atoms with E-state index in [0.717, 1.165) is 11.4 Å². The summed E-state index contributed by atoms with van der Waals surface area (Å²) in [6.45, 7) is 2.00. The summed E-state index contributed by atoms with van der Waals surface area (Å²) in [4.78, 5) is 20.0. The molecule has 1 atom stereocenters. The molecule has 20 heavy (non-hydrogen) atoms. The van der Waals surface area contributed by atoms with Crippen LogP contribution in [0.1, 0.15) is 24.4 Å². The zero-order valence-electron chi connectivity index (χ0n) is 10.5. The number of rotatable bonds is 5. The summed E-state index contributed by atoms with van der Waals surface area (Å²) in [6, 6.07) is -0.0710. The van der Waals surface area contributed by atoms with E-state index in [1.165, 1.54) is 27.1 Å². The maximum atomic E-state index is 11.2. The first kappa shape index (κ1) is 13.0. The van der Waals surface area contributed by atoms with E-state index in [4.69, 9.17) is 0 Å². The molecule has 9 heteroatoms. The first-order valence-corrected chi connectivity index (χ1v) is 7.72. The fourth-order valence-corrected chi connectivity index (χ4v) is 3.44. The Bertz CT molecular complexity index is 733. The van der Waals surface area contributed by atoms with Gasteiger partial charge in [-0.1, -0.05) is 18.3 Å². The van der Waals surface area contributed by atoms with Crippen LogP contribution >= 0.6 is 22.7 Å². The zero-order chi connectivity index (χ0) is 14.1. The summed E-state index contributed by atoms with van der Waals surface area (Å²) in [6.07, 6.45) is 4.15. The summed E-state index contributed by atoms with van der Waals surface area (Å²) in [5.74, 6) is 0.264. The fourth-order valence-electron chi connectivity index (χ4n) is 1.96. The molecule has 0 radical (unpaired) electrons. The van der Waals surface area contributed by atoms with Crippen molar-refractivity contribution in [2.45, 2.75) is 19.4 Å². The van der Waals surface area contributed by atoms with E-state index in [2.05, 4.69) is 15.3 Å². The fraction of sp³-hybridized carbons (Fsp3) is 0.273. The lowest BCUT2D eigenvalue weighted by atomic mass is 10.2. The molecular weight excluding hydrogens is 298 g/mol. The van der Waals surface area contributed by atoms with Crippen LogP contribution in [0.4, 0.5) is 11.6 Å². The largest absolute Gasteiger partial charge is 0.372 e. The van der Waals surface area contributed by atoms with E-state index in [1.54, 1.807) is 17.8 Å². The molecule has 3 heterocycles. The van der Waals surface area contributed by atoms with Gasteiger partial charge in [0.2, 0.25) is 5.82 Å². The number of aromatic nitrogens is 3. The average molecular weight is 309 g/mol. The maximum absolute atomic E-state index is 11.2. The second-order valence-electron chi connectivity index (χ2n) is 4.07. The van der Waals surface area contributed by atoms with Gasteiger partial charge in [0.05, 0.1) is 6.04 Å². The van der Waals surface area contributed by atoms with Crippen LogP contribution in [0.25, 0.3) is 4.96 Å². The molecule has 0 bridgehead atoms. The molecule has 7 nitrogen and oxygen atoms in total. The van der Waals surface area contributed by atoms with E-state index in [1.807, 2.05) is 12.3 Å². The minimum Gasteiger partial charge on any atom is -0.358 e. The monoisotopic (exact) mass is 309 g/mol. The number of fused-ring (bicyclic) bond motifs is 1. The first-order valence-electron chi connectivity index (χ1n) is 5.96. The Kier molecular flexibility index (Phi) is 3.36. The summed E-state index contributed by atoms with van der Waals surface area (Å²) >= 11 is 2.89. The predicted octanol–water partition coefficient (Wildman–Crippen LogP) is 3.32. The third-order valence-electron chi connectivity index (χ3n) is 2.88. The molecule has 0 aromatic carbocycles. The van der Waals surface area contributed by atoms with Crippen LogP contribution in [-0.2, 0) is 0 Å². The van der Waals surface area contributed by atoms with Crippen LogP contribution in [-0.4, -0.2) is 19.3 Å². The average Bonchev–Trinajstić information content (AvgIpc) is 3.11. The van der Waals surface area contributed by atoms with E-state index >= 15 is 0 Å². The number of nitrogens with zero attached hydrogens (tertiary/aromatic N) is 4. The van der Waals surface area contributed by atoms with Gasteiger partial charge >= 0.3 is 5.82 Å². The normalized spacial score (nSPS) is 12.7. The van der Waals surface area contributed by atoms with E-state index in [-0.39, 0.29) is 11.9 Å². The number of hydrogen-bond acceptors (Lipinski definition) is 7. The van der Waals surface area contributed by atoms with Gasteiger partial charge in [-0.2, -0.15) is 9.38 Å². The van der Waals surface area contributed by atoms with Crippen molar-refractivity contribution in [3.05, 3.63) is 38.3 Å². The standard InChI is InChI=1S/C11H11N5O2S2/c1-2-7(9-12-3-5-19-9)13-8-10(16(17)18)15-4-6-20-11(15)14-8/h3-7,13H,2H2,1H3. The maximum Gasteiger partial charge on any atom is 0.372 e. The Balaban J connectivity index is 1.99. The molecule has 3 rings (SSSR count). The van der Waals surface area contributed by atoms with Gasteiger partial charge in [0.25, 0.3) is 4.96 Å². The Labute approximate surface area is 122 Å². The van der Waals surface area contributed by atoms with Crippen molar-refractivity contribution in [2.24, 2.45) is 0 Å². The molecular formula is C11H11N5O2S2. The molecule has 0 spiro atoms. The summed E-state index contributed by atoms with van der Waals surface area (Å²) < 4.78 is 1.49. The second-order valence-corrected chi connectivity index (χ2v) is 5.87. The predicted molar refractivity (Wildman–Crippen MR) is 78.5 cm³/mol. The molecule has 0 saturated carbocycles. The van der Waals surface area contributed by atoms with Gasteiger partial charge in [0.15, 0.2) is 0 Å². The SMILES string of the molecule is CCC(Nc1nc2sccn2c1[N+](=O)[O-])c1nccs1. The van der Waals surface area contributed by atoms with E-state index in [0.29, 0.717) is 10.8 Å². The summed E-state index contributed by atoms with van der Waals surface area (Å²) in [7, 11) is 0. The van der Waals surface area contributed by atoms with Gasteiger partial charge in [-0.15, -0.1) is 11.3 Å². The molecule has 3 aromatic heterocycles. The molecule has 104 valence electrons. The molecule has 0 aliphatic rings. The second kappa shape index (κ2) is 5.17. The minimum atomic E-state index is -0.413. The number of anilines is 1. The molecule has 0 aliphatic carbocycles. The quantitative estimate of drug-likeness (QED) is 0.577. The van der Waals surface area contributed by atoms with Crippen molar-refractivity contribution < 1.29 is 4.92 Å². The number of hydrogen-bond donors (Lipinski definition) is 1. The Morgan fingerprint density at radius 1 is 1.50 bits per heavy atom. The van der Waals surface area contributed by atoms with Gasteiger partial charge in [-0.05, 0) is 11.3 Å². The Morgan fingerprint density at radius 3 is 3.00 bits per heavy atom. The van der Waals surface area contributed by atoms with Crippen molar-refractivity contribution in [3.63, 3.8) is 0 Å². The lowest BCUT2D eigenvalue weighted by molar-refractivity contribution is -0.389. The molecule has 1 unspecified atom stereocenters. The van der Waals surface area contributed by atoms with Gasteiger partial charge in [0.1, 0.15) is 11.2 Å². The molecule has 3 aromatic rings. The van der Waals surface area contributed by atoms with Crippen LogP contribution in [0.2, 0.25) is 0 Å². The van der Waals surface area contributed by atoms with Gasteiger partial charge in [0, 0.05) is 17.0 Å². The Hall–Kier alpha value is -2.00. The lowest BCUT2D eigenvalue weighted by Gasteiger charge is -2.13. The van der Waals surface area contributed by atoms with Gasteiger partial charge in [-0.25, -0.2) is 4.98 Å². The Morgan fingerprint density at radius 2 is 2.35 bits per heavy atom. The summed E-state index contributed by atoms with van der Waals surface area (Å²) in [5, 5.41) is 18.9. The highest BCUT2D eigenvalue weighted by molar-refractivity contribution is 7.15. The zero-order valence-corrected chi connectivity index (χ0v) is 12.1. The van der Waals surface area contributed by atoms with Crippen LogP contribution in [0.15, 0.2) is 23.2 Å². The molecule has 1 N–H and O–H groups in total. The van der Waals surface area contributed by atoms with Crippen molar-refractivity contribution in [1.29, 1.82) is 0 Å².